The number of carbonyl (C=O) groups excluding carboxylic acids is 1. The van der Waals surface area contributed by atoms with Crippen molar-refractivity contribution in [1.82, 2.24) is 5.32 Å². The van der Waals surface area contributed by atoms with Crippen LogP contribution in [0.25, 0.3) is 0 Å². The van der Waals surface area contributed by atoms with E-state index in [4.69, 9.17) is 10.8 Å². The molecule has 94 valence electrons. The molecule has 0 aliphatic carbocycles. The summed E-state index contributed by atoms with van der Waals surface area (Å²) in [6.07, 6.45) is 0. The van der Waals surface area contributed by atoms with E-state index < -0.39 is 0 Å². The van der Waals surface area contributed by atoms with Crippen molar-refractivity contribution in [2.45, 2.75) is 13.0 Å². The number of nitrogens with zero attached hydrogens (tertiary/aromatic N) is 1. The lowest BCUT2D eigenvalue weighted by molar-refractivity contribution is 0.0922. The van der Waals surface area contributed by atoms with E-state index in [1.807, 2.05) is 19.0 Å². The van der Waals surface area contributed by atoms with Gasteiger partial charge in [0, 0.05) is 25.7 Å². The molecule has 1 atom stereocenters. The van der Waals surface area contributed by atoms with E-state index in [0.29, 0.717) is 11.3 Å². The zero-order valence-electron chi connectivity index (χ0n) is 10.4. The Morgan fingerprint density at radius 1 is 1.53 bits per heavy atom. The number of benzene rings is 1. The van der Waals surface area contributed by atoms with E-state index >= 15 is 0 Å². The SMILES string of the molecule is C[C@H](CO)NC(=O)c1ccc(N(C)C)c(N)c1. The summed E-state index contributed by atoms with van der Waals surface area (Å²) in [6, 6.07) is 4.88. The Hall–Kier alpha value is -1.75. The first-order valence-electron chi connectivity index (χ1n) is 5.44. The van der Waals surface area contributed by atoms with Crippen molar-refractivity contribution in [1.29, 1.82) is 0 Å². The number of nitrogen functional groups attached to an aromatic ring is 1. The highest BCUT2D eigenvalue weighted by molar-refractivity contribution is 5.96. The molecule has 0 saturated heterocycles. The largest absolute Gasteiger partial charge is 0.397 e. The highest BCUT2D eigenvalue weighted by Crippen LogP contribution is 2.22. The lowest BCUT2D eigenvalue weighted by atomic mass is 10.1. The second-order valence-electron chi connectivity index (χ2n) is 4.23. The monoisotopic (exact) mass is 237 g/mol. The molecule has 1 aromatic carbocycles. The van der Waals surface area contributed by atoms with Crippen LogP contribution in [-0.4, -0.2) is 37.8 Å². The van der Waals surface area contributed by atoms with Crippen LogP contribution in [-0.2, 0) is 0 Å². The molecule has 0 bridgehead atoms. The molecule has 1 rings (SSSR count). The molecule has 0 heterocycles. The summed E-state index contributed by atoms with van der Waals surface area (Å²) in [5.41, 5.74) is 7.77. The summed E-state index contributed by atoms with van der Waals surface area (Å²) in [5.74, 6) is -0.233. The van der Waals surface area contributed by atoms with Crippen LogP contribution < -0.4 is 16.0 Å². The Morgan fingerprint density at radius 3 is 2.65 bits per heavy atom. The maximum Gasteiger partial charge on any atom is 0.251 e. The third-order valence-corrected chi connectivity index (χ3v) is 2.42. The first-order chi connectivity index (χ1) is 7.95. The molecule has 17 heavy (non-hydrogen) atoms. The molecule has 1 aromatic rings. The van der Waals surface area contributed by atoms with Crippen molar-refractivity contribution in [3.63, 3.8) is 0 Å². The number of rotatable bonds is 4. The second-order valence-corrected chi connectivity index (χ2v) is 4.23. The van der Waals surface area contributed by atoms with Crippen LogP contribution in [0.2, 0.25) is 0 Å². The third-order valence-electron chi connectivity index (χ3n) is 2.42. The van der Waals surface area contributed by atoms with Crippen LogP contribution in [0.15, 0.2) is 18.2 Å². The van der Waals surface area contributed by atoms with E-state index in [2.05, 4.69) is 5.32 Å². The molecule has 0 aliphatic heterocycles. The molecule has 1 amide bonds. The maximum absolute atomic E-state index is 11.8. The number of hydrogen-bond donors (Lipinski definition) is 3. The summed E-state index contributed by atoms with van der Waals surface area (Å²) >= 11 is 0. The third kappa shape index (κ3) is 3.35. The van der Waals surface area contributed by atoms with Crippen molar-refractivity contribution < 1.29 is 9.90 Å². The van der Waals surface area contributed by atoms with E-state index in [-0.39, 0.29) is 18.6 Å². The second kappa shape index (κ2) is 5.54. The van der Waals surface area contributed by atoms with E-state index in [1.54, 1.807) is 25.1 Å². The van der Waals surface area contributed by atoms with Gasteiger partial charge in [-0.05, 0) is 25.1 Å². The van der Waals surface area contributed by atoms with Crippen molar-refractivity contribution in [3.8, 4) is 0 Å². The minimum absolute atomic E-state index is 0.0863. The number of carbonyl (C=O) groups is 1. The molecule has 0 unspecified atom stereocenters. The van der Waals surface area contributed by atoms with Gasteiger partial charge in [0.25, 0.3) is 5.91 Å². The summed E-state index contributed by atoms with van der Waals surface area (Å²) in [7, 11) is 3.78. The lowest BCUT2D eigenvalue weighted by Gasteiger charge is -2.16. The van der Waals surface area contributed by atoms with Crippen LogP contribution in [0.5, 0.6) is 0 Å². The Morgan fingerprint density at radius 2 is 2.18 bits per heavy atom. The van der Waals surface area contributed by atoms with Crippen LogP contribution in [0, 0.1) is 0 Å². The summed E-state index contributed by atoms with van der Waals surface area (Å²) < 4.78 is 0. The average Bonchev–Trinajstić information content (AvgIpc) is 2.28. The highest BCUT2D eigenvalue weighted by atomic mass is 16.3. The molecule has 4 N–H and O–H groups in total. The molecule has 0 fully saturated rings. The van der Waals surface area contributed by atoms with Crippen LogP contribution >= 0.6 is 0 Å². The lowest BCUT2D eigenvalue weighted by Crippen LogP contribution is -2.35. The van der Waals surface area contributed by atoms with E-state index in [9.17, 15) is 4.79 Å². The number of aliphatic hydroxyl groups excluding tert-OH is 1. The fourth-order valence-electron chi connectivity index (χ4n) is 1.46. The van der Waals surface area contributed by atoms with Crippen LogP contribution in [0.4, 0.5) is 11.4 Å². The zero-order chi connectivity index (χ0) is 13.0. The molecule has 5 nitrogen and oxygen atoms in total. The normalized spacial score (nSPS) is 12.0. The van der Waals surface area contributed by atoms with Gasteiger partial charge in [0.05, 0.1) is 18.0 Å². The zero-order valence-corrected chi connectivity index (χ0v) is 10.4. The molecule has 0 radical (unpaired) electrons. The van der Waals surface area contributed by atoms with Crippen molar-refractivity contribution in [3.05, 3.63) is 23.8 Å². The molecular weight excluding hydrogens is 218 g/mol. The molecule has 0 aromatic heterocycles. The Labute approximate surface area is 101 Å². The fraction of sp³-hybridized carbons (Fsp3) is 0.417. The van der Waals surface area contributed by atoms with Gasteiger partial charge in [-0.3, -0.25) is 4.79 Å². The summed E-state index contributed by atoms with van der Waals surface area (Å²) in [4.78, 5) is 13.6. The molecule has 0 spiro atoms. The minimum atomic E-state index is -0.266. The predicted molar refractivity (Wildman–Crippen MR) is 69.2 cm³/mol. The van der Waals surface area contributed by atoms with Gasteiger partial charge in [-0.15, -0.1) is 0 Å². The van der Waals surface area contributed by atoms with Gasteiger partial charge >= 0.3 is 0 Å². The van der Waals surface area contributed by atoms with Crippen molar-refractivity contribution >= 4 is 17.3 Å². The van der Waals surface area contributed by atoms with Crippen LogP contribution in [0.1, 0.15) is 17.3 Å². The minimum Gasteiger partial charge on any atom is -0.397 e. The summed E-state index contributed by atoms with van der Waals surface area (Å²) in [5, 5.41) is 11.5. The fourth-order valence-corrected chi connectivity index (χ4v) is 1.46. The molecule has 0 saturated carbocycles. The molecule has 5 heteroatoms. The van der Waals surface area contributed by atoms with Crippen molar-refractivity contribution in [2.24, 2.45) is 0 Å². The topological polar surface area (TPSA) is 78.6 Å². The van der Waals surface area contributed by atoms with Gasteiger partial charge in [-0.25, -0.2) is 0 Å². The number of amides is 1. The molecular formula is C12H19N3O2. The first-order valence-corrected chi connectivity index (χ1v) is 5.44. The number of aliphatic hydroxyl groups is 1. The smallest absolute Gasteiger partial charge is 0.251 e. The number of anilines is 2. The first kappa shape index (κ1) is 13.3. The predicted octanol–water partition coefficient (Wildman–Crippen LogP) is 0.445. The van der Waals surface area contributed by atoms with Gasteiger partial charge in [0.15, 0.2) is 0 Å². The Kier molecular flexibility index (Phi) is 4.34. The average molecular weight is 237 g/mol. The molecule has 0 aliphatic rings. The van der Waals surface area contributed by atoms with Gasteiger partial charge in [0.1, 0.15) is 0 Å². The van der Waals surface area contributed by atoms with E-state index in [1.165, 1.54) is 0 Å². The van der Waals surface area contributed by atoms with Gasteiger partial charge in [-0.1, -0.05) is 0 Å². The standard InChI is InChI=1S/C12H19N3O2/c1-8(7-16)14-12(17)9-4-5-11(15(2)3)10(13)6-9/h4-6,8,16H,7,13H2,1-3H3,(H,14,17)/t8-/m1/s1. The number of nitrogens with one attached hydrogen (secondary N) is 1. The maximum atomic E-state index is 11.8. The van der Waals surface area contributed by atoms with Gasteiger partial charge < -0.3 is 21.1 Å². The van der Waals surface area contributed by atoms with E-state index in [0.717, 1.165) is 5.69 Å². The van der Waals surface area contributed by atoms with Crippen LogP contribution in [0.3, 0.4) is 0 Å². The number of hydrogen-bond acceptors (Lipinski definition) is 4. The number of nitrogens with two attached hydrogens (primary N) is 1. The Bertz CT molecular complexity index is 405. The van der Waals surface area contributed by atoms with Crippen molar-refractivity contribution in [2.75, 3.05) is 31.3 Å². The Balaban J connectivity index is 2.86. The van der Waals surface area contributed by atoms with Gasteiger partial charge in [-0.2, -0.15) is 0 Å². The quantitative estimate of drug-likeness (QED) is 0.664. The van der Waals surface area contributed by atoms with Gasteiger partial charge in [0.2, 0.25) is 0 Å². The highest BCUT2D eigenvalue weighted by Gasteiger charge is 2.11. The summed E-state index contributed by atoms with van der Waals surface area (Å²) in [6.45, 7) is 1.65.